The Hall–Kier alpha value is -1.55. The Labute approximate surface area is 175 Å². The Morgan fingerprint density at radius 3 is 1.89 bits per heavy atom. The molecule has 1 aromatic heterocycles. The van der Waals surface area contributed by atoms with E-state index in [0.29, 0.717) is 5.13 Å². The standard InChI is InChI=1S/C24H38N2OS/c1-3-4-5-6-7-8-9-10-11-12-13-14-15-22-23(26-24(25)28-22)20-16-18-21(27-2)19-17-20/h16-19H,3-15H2,1-2H3,(H2,25,26). The third-order valence-electron chi connectivity index (χ3n) is 5.33. The number of nitrogens with two attached hydrogens (primary N) is 1. The Balaban J connectivity index is 1.62. The molecule has 0 atom stereocenters. The lowest BCUT2D eigenvalue weighted by Crippen LogP contribution is -1.89. The van der Waals surface area contributed by atoms with Crippen LogP contribution in [0.15, 0.2) is 24.3 Å². The molecule has 0 aliphatic carbocycles. The maximum absolute atomic E-state index is 5.99. The number of aryl methyl sites for hydroxylation is 1. The summed E-state index contributed by atoms with van der Waals surface area (Å²) in [5.74, 6) is 0.870. The summed E-state index contributed by atoms with van der Waals surface area (Å²) in [5, 5.41) is 0.666. The summed E-state index contributed by atoms with van der Waals surface area (Å²) in [6, 6.07) is 8.11. The lowest BCUT2D eigenvalue weighted by Gasteiger charge is -2.05. The summed E-state index contributed by atoms with van der Waals surface area (Å²) >= 11 is 1.64. The van der Waals surface area contributed by atoms with E-state index in [1.54, 1.807) is 18.4 Å². The van der Waals surface area contributed by atoms with E-state index in [9.17, 15) is 0 Å². The zero-order valence-corrected chi connectivity index (χ0v) is 18.7. The van der Waals surface area contributed by atoms with Gasteiger partial charge in [-0.15, -0.1) is 11.3 Å². The van der Waals surface area contributed by atoms with Gasteiger partial charge in [0, 0.05) is 10.4 Å². The molecule has 2 rings (SSSR count). The molecule has 28 heavy (non-hydrogen) atoms. The van der Waals surface area contributed by atoms with Gasteiger partial charge in [-0.05, 0) is 37.1 Å². The van der Waals surface area contributed by atoms with Crippen LogP contribution in [0.2, 0.25) is 0 Å². The molecule has 0 saturated carbocycles. The lowest BCUT2D eigenvalue weighted by atomic mass is 10.0. The monoisotopic (exact) mass is 402 g/mol. The second kappa shape index (κ2) is 13.6. The number of hydrogen-bond acceptors (Lipinski definition) is 4. The SMILES string of the molecule is CCCCCCCCCCCCCCc1sc(N)nc1-c1ccc(OC)cc1. The molecule has 0 aliphatic heterocycles. The third kappa shape index (κ3) is 8.22. The minimum absolute atomic E-state index is 0.666. The molecular weight excluding hydrogens is 364 g/mol. The molecule has 1 aromatic carbocycles. The van der Waals surface area contributed by atoms with Crippen LogP contribution in [-0.2, 0) is 6.42 Å². The molecule has 4 heteroatoms. The summed E-state index contributed by atoms with van der Waals surface area (Å²) in [5.41, 5.74) is 8.17. The fraction of sp³-hybridized carbons (Fsp3) is 0.625. The smallest absolute Gasteiger partial charge is 0.180 e. The van der Waals surface area contributed by atoms with Gasteiger partial charge in [0.2, 0.25) is 0 Å². The van der Waals surface area contributed by atoms with E-state index in [0.717, 1.165) is 23.4 Å². The van der Waals surface area contributed by atoms with Crippen LogP contribution in [0.4, 0.5) is 5.13 Å². The number of thiazole rings is 1. The van der Waals surface area contributed by atoms with Crippen molar-refractivity contribution in [1.82, 2.24) is 4.98 Å². The molecule has 2 N–H and O–H groups in total. The zero-order chi connectivity index (χ0) is 20.0. The predicted octanol–water partition coefficient (Wildman–Crippen LogP) is 7.64. The van der Waals surface area contributed by atoms with Gasteiger partial charge >= 0.3 is 0 Å². The highest BCUT2D eigenvalue weighted by atomic mass is 32.1. The highest BCUT2D eigenvalue weighted by Gasteiger charge is 2.11. The number of nitrogen functional groups attached to an aromatic ring is 1. The summed E-state index contributed by atoms with van der Waals surface area (Å²) in [4.78, 5) is 5.88. The Bertz CT molecular complexity index is 651. The second-order valence-electron chi connectivity index (χ2n) is 7.69. The van der Waals surface area contributed by atoms with Gasteiger partial charge in [-0.2, -0.15) is 0 Å². The molecule has 2 aromatic rings. The lowest BCUT2D eigenvalue weighted by molar-refractivity contribution is 0.415. The molecule has 0 unspecified atom stereocenters. The number of benzene rings is 1. The number of methoxy groups -OCH3 is 1. The number of rotatable bonds is 15. The highest BCUT2D eigenvalue weighted by molar-refractivity contribution is 7.15. The van der Waals surface area contributed by atoms with Crippen LogP contribution in [0.3, 0.4) is 0 Å². The van der Waals surface area contributed by atoms with Crippen molar-refractivity contribution < 1.29 is 4.74 Å². The first kappa shape index (κ1) is 22.7. The van der Waals surface area contributed by atoms with Gasteiger partial charge in [-0.25, -0.2) is 4.98 Å². The topological polar surface area (TPSA) is 48.1 Å². The number of hydrogen-bond donors (Lipinski definition) is 1. The quantitative estimate of drug-likeness (QED) is 0.311. The van der Waals surface area contributed by atoms with Crippen molar-refractivity contribution in [3.63, 3.8) is 0 Å². The highest BCUT2D eigenvalue weighted by Crippen LogP contribution is 2.32. The Morgan fingerprint density at radius 1 is 0.821 bits per heavy atom. The molecule has 0 spiro atoms. The minimum Gasteiger partial charge on any atom is -0.497 e. The van der Waals surface area contributed by atoms with Gasteiger partial charge < -0.3 is 10.5 Å². The molecule has 0 saturated heterocycles. The number of aromatic nitrogens is 1. The van der Waals surface area contributed by atoms with Crippen molar-refractivity contribution in [3.05, 3.63) is 29.1 Å². The Morgan fingerprint density at radius 2 is 1.36 bits per heavy atom. The van der Waals surface area contributed by atoms with Crippen LogP contribution in [0.5, 0.6) is 5.75 Å². The van der Waals surface area contributed by atoms with E-state index in [4.69, 9.17) is 10.5 Å². The first-order chi connectivity index (χ1) is 13.7. The molecule has 0 bridgehead atoms. The predicted molar refractivity (Wildman–Crippen MR) is 123 cm³/mol. The van der Waals surface area contributed by atoms with E-state index < -0.39 is 0 Å². The van der Waals surface area contributed by atoms with Gasteiger partial charge in [0.1, 0.15) is 5.75 Å². The number of unbranched alkanes of at least 4 members (excludes halogenated alkanes) is 11. The van der Waals surface area contributed by atoms with E-state index in [-0.39, 0.29) is 0 Å². The maximum Gasteiger partial charge on any atom is 0.180 e. The van der Waals surface area contributed by atoms with Crippen LogP contribution < -0.4 is 10.5 Å². The van der Waals surface area contributed by atoms with Crippen LogP contribution >= 0.6 is 11.3 Å². The fourth-order valence-corrected chi connectivity index (χ4v) is 4.54. The van der Waals surface area contributed by atoms with Crippen molar-refractivity contribution >= 4 is 16.5 Å². The summed E-state index contributed by atoms with van der Waals surface area (Å²) in [6.45, 7) is 2.28. The maximum atomic E-state index is 5.99. The molecule has 156 valence electrons. The Kier molecular flexibility index (Phi) is 11.0. The van der Waals surface area contributed by atoms with E-state index in [2.05, 4.69) is 24.0 Å². The normalized spacial score (nSPS) is 11.1. The third-order valence-corrected chi connectivity index (χ3v) is 6.28. The van der Waals surface area contributed by atoms with Crippen LogP contribution in [0.1, 0.15) is 88.9 Å². The van der Waals surface area contributed by atoms with E-state index >= 15 is 0 Å². The van der Waals surface area contributed by atoms with Gasteiger partial charge in [0.15, 0.2) is 5.13 Å². The van der Waals surface area contributed by atoms with Crippen molar-refractivity contribution in [2.45, 2.75) is 90.4 Å². The van der Waals surface area contributed by atoms with Gasteiger partial charge in [0.25, 0.3) is 0 Å². The molecular formula is C24H38N2OS. The average molecular weight is 403 g/mol. The van der Waals surface area contributed by atoms with E-state index in [1.807, 2.05) is 12.1 Å². The largest absolute Gasteiger partial charge is 0.497 e. The molecule has 0 fully saturated rings. The van der Waals surface area contributed by atoms with Crippen LogP contribution in [0.25, 0.3) is 11.3 Å². The van der Waals surface area contributed by atoms with Crippen LogP contribution in [0, 0.1) is 0 Å². The van der Waals surface area contributed by atoms with Gasteiger partial charge in [-0.3, -0.25) is 0 Å². The minimum atomic E-state index is 0.666. The van der Waals surface area contributed by atoms with Gasteiger partial charge in [-0.1, -0.05) is 77.6 Å². The molecule has 0 radical (unpaired) electrons. The van der Waals surface area contributed by atoms with Gasteiger partial charge in [0.05, 0.1) is 12.8 Å². The zero-order valence-electron chi connectivity index (χ0n) is 17.8. The molecule has 1 heterocycles. The fourth-order valence-electron chi connectivity index (χ4n) is 3.64. The number of nitrogens with zero attached hydrogens (tertiary/aromatic N) is 1. The van der Waals surface area contributed by atoms with Crippen molar-refractivity contribution in [1.29, 1.82) is 0 Å². The van der Waals surface area contributed by atoms with E-state index in [1.165, 1.54) is 81.9 Å². The number of ether oxygens (including phenoxy) is 1. The second-order valence-corrected chi connectivity index (χ2v) is 8.81. The summed E-state index contributed by atoms with van der Waals surface area (Å²) in [6.07, 6.45) is 17.6. The first-order valence-corrected chi connectivity index (χ1v) is 12.0. The summed E-state index contributed by atoms with van der Waals surface area (Å²) in [7, 11) is 1.69. The van der Waals surface area contributed by atoms with Crippen LogP contribution in [-0.4, -0.2) is 12.1 Å². The van der Waals surface area contributed by atoms with Crippen molar-refractivity contribution in [2.75, 3.05) is 12.8 Å². The molecule has 0 aliphatic rings. The summed E-state index contributed by atoms with van der Waals surface area (Å²) < 4.78 is 5.25. The van der Waals surface area contributed by atoms with Crippen molar-refractivity contribution in [2.24, 2.45) is 0 Å². The number of anilines is 1. The van der Waals surface area contributed by atoms with Crippen molar-refractivity contribution in [3.8, 4) is 17.0 Å². The molecule has 3 nitrogen and oxygen atoms in total. The average Bonchev–Trinajstić information content (AvgIpc) is 3.09. The molecule has 0 amide bonds. The first-order valence-electron chi connectivity index (χ1n) is 11.1.